The van der Waals surface area contributed by atoms with Gasteiger partial charge in [-0.05, 0) is 13.0 Å². The van der Waals surface area contributed by atoms with E-state index in [-0.39, 0.29) is 0 Å². The summed E-state index contributed by atoms with van der Waals surface area (Å²) in [4.78, 5) is 4.20. The third-order valence-corrected chi connectivity index (χ3v) is 2.36. The number of aromatic nitrogens is 1. The van der Waals surface area contributed by atoms with Crippen LogP contribution in [-0.2, 0) is 0 Å². The Hall–Kier alpha value is -1.61. The Bertz CT molecular complexity index is 434. The number of fused-ring (bicyclic) bond motifs is 1. The quantitative estimate of drug-likeness (QED) is 0.744. The monoisotopic (exact) mass is 201 g/mol. The van der Waals surface area contributed by atoms with Crippen LogP contribution in [0.5, 0.6) is 0 Å². The molecule has 2 rings (SSSR count). The van der Waals surface area contributed by atoms with Crippen molar-refractivity contribution in [2.24, 2.45) is 5.73 Å². The first-order valence-electron chi connectivity index (χ1n) is 5.18. The van der Waals surface area contributed by atoms with Crippen LogP contribution in [0.1, 0.15) is 6.42 Å². The molecule has 0 saturated carbocycles. The molecule has 0 atom stereocenters. The van der Waals surface area contributed by atoms with Gasteiger partial charge in [-0.2, -0.15) is 0 Å². The molecule has 0 radical (unpaired) electrons. The highest BCUT2D eigenvalue weighted by atomic mass is 14.9. The molecule has 3 heteroatoms. The van der Waals surface area contributed by atoms with Crippen molar-refractivity contribution < 1.29 is 0 Å². The average molecular weight is 201 g/mol. The summed E-state index contributed by atoms with van der Waals surface area (Å²) in [6, 6.07) is 8.22. The molecule has 2 aromatic rings. The summed E-state index contributed by atoms with van der Waals surface area (Å²) in [5, 5.41) is 5.72. The normalized spacial score (nSPS) is 10.5. The van der Waals surface area contributed by atoms with E-state index in [0.717, 1.165) is 24.0 Å². The third kappa shape index (κ3) is 2.25. The predicted molar refractivity (Wildman–Crippen MR) is 63.9 cm³/mol. The van der Waals surface area contributed by atoms with Gasteiger partial charge in [-0.25, -0.2) is 0 Å². The number of nitrogens with zero attached hydrogens (tertiary/aromatic N) is 1. The molecule has 0 fully saturated rings. The highest BCUT2D eigenvalue weighted by Gasteiger charge is 1.98. The summed E-state index contributed by atoms with van der Waals surface area (Å²) in [7, 11) is 0. The van der Waals surface area contributed by atoms with Crippen molar-refractivity contribution in [3.05, 3.63) is 36.7 Å². The molecule has 0 bridgehead atoms. The van der Waals surface area contributed by atoms with E-state index in [1.807, 2.05) is 24.5 Å². The van der Waals surface area contributed by atoms with E-state index in [0.29, 0.717) is 6.54 Å². The molecule has 1 aromatic carbocycles. The second-order valence-electron chi connectivity index (χ2n) is 3.48. The zero-order valence-corrected chi connectivity index (χ0v) is 8.61. The van der Waals surface area contributed by atoms with Crippen LogP contribution in [0.4, 0.5) is 5.69 Å². The molecule has 15 heavy (non-hydrogen) atoms. The van der Waals surface area contributed by atoms with Gasteiger partial charge in [-0.3, -0.25) is 4.98 Å². The maximum Gasteiger partial charge on any atom is 0.0606 e. The number of pyridine rings is 1. The molecular formula is C12H15N3. The molecule has 0 unspecified atom stereocenters. The van der Waals surface area contributed by atoms with Gasteiger partial charge in [0.05, 0.1) is 11.9 Å². The fourth-order valence-corrected chi connectivity index (χ4v) is 1.58. The summed E-state index contributed by atoms with van der Waals surface area (Å²) in [5.41, 5.74) is 6.53. The van der Waals surface area contributed by atoms with Gasteiger partial charge in [-0.1, -0.05) is 24.3 Å². The first kappa shape index (κ1) is 9.93. The van der Waals surface area contributed by atoms with Crippen molar-refractivity contribution >= 4 is 16.5 Å². The lowest BCUT2D eigenvalue weighted by atomic mass is 10.1. The van der Waals surface area contributed by atoms with Gasteiger partial charge in [-0.15, -0.1) is 0 Å². The zero-order valence-electron chi connectivity index (χ0n) is 8.61. The lowest BCUT2D eigenvalue weighted by molar-refractivity contribution is 0.874. The van der Waals surface area contributed by atoms with Crippen molar-refractivity contribution in [2.75, 3.05) is 18.4 Å². The SMILES string of the molecule is NCCCNc1cncc2ccccc12. The van der Waals surface area contributed by atoms with Crippen LogP contribution in [0, 0.1) is 0 Å². The predicted octanol–water partition coefficient (Wildman–Crippen LogP) is 2.00. The van der Waals surface area contributed by atoms with Crippen LogP contribution in [0.25, 0.3) is 10.8 Å². The summed E-state index contributed by atoms with van der Waals surface area (Å²) < 4.78 is 0. The van der Waals surface area contributed by atoms with Crippen LogP contribution in [-0.4, -0.2) is 18.1 Å². The molecule has 0 saturated heterocycles. The Balaban J connectivity index is 2.26. The molecule has 1 heterocycles. The third-order valence-electron chi connectivity index (χ3n) is 2.36. The topological polar surface area (TPSA) is 50.9 Å². The van der Waals surface area contributed by atoms with Crippen LogP contribution < -0.4 is 11.1 Å². The van der Waals surface area contributed by atoms with E-state index >= 15 is 0 Å². The highest BCUT2D eigenvalue weighted by molar-refractivity contribution is 5.92. The summed E-state index contributed by atoms with van der Waals surface area (Å²) in [5.74, 6) is 0. The van der Waals surface area contributed by atoms with Gasteiger partial charge in [0, 0.05) is 23.5 Å². The molecule has 3 nitrogen and oxygen atoms in total. The maximum absolute atomic E-state index is 5.45. The largest absolute Gasteiger partial charge is 0.383 e. The van der Waals surface area contributed by atoms with Gasteiger partial charge in [0.2, 0.25) is 0 Å². The molecule has 0 spiro atoms. The number of anilines is 1. The van der Waals surface area contributed by atoms with Gasteiger partial charge < -0.3 is 11.1 Å². The first-order valence-corrected chi connectivity index (χ1v) is 5.18. The van der Waals surface area contributed by atoms with Crippen LogP contribution in [0.2, 0.25) is 0 Å². The van der Waals surface area contributed by atoms with Gasteiger partial charge >= 0.3 is 0 Å². The number of hydrogen-bond acceptors (Lipinski definition) is 3. The van der Waals surface area contributed by atoms with Crippen molar-refractivity contribution in [3.63, 3.8) is 0 Å². The van der Waals surface area contributed by atoms with Crippen molar-refractivity contribution in [3.8, 4) is 0 Å². The van der Waals surface area contributed by atoms with E-state index < -0.39 is 0 Å². The lowest BCUT2D eigenvalue weighted by Gasteiger charge is -2.08. The van der Waals surface area contributed by atoms with E-state index in [9.17, 15) is 0 Å². The molecule has 0 aliphatic rings. The molecular weight excluding hydrogens is 186 g/mol. The number of benzene rings is 1. The molecule has 1 aromatic heterocycles. The number of rotatable bonds is 4. The lowest BCUT2D eigenvalue weighted by Crippen LogP contribution is -2.08. The fraction of sp³-hybridized carbons (Fsp3) is 0.250. The highest BCUT2D eigenvalue weighted by Crippen LogP contribution is 2.21. The van der Waals surface area contributed by atoms with Gasteiger partial charge in [0.1, 0.15) is 0 Å². The Kier molecular flexibility index (Phi) is 3.15. The Morgan fingerprint density at radius 2 is 2.07 bits per heavy atom. The Labute approximate surface area is 89.3 Å². The van der Waals surface area contributed by atoms with Crippen molar-refractivity contribution in [1.29, 1.82) is 0 Å². The van der Waals surface area contributed by atoms with E-state index in [4.69, 9.17) is 5.73 Å². The van der Waals surface area contributed by atoms with E-state index in [1.165, 1.54) is 5.39 Å². The second-order valence-corrected chi connectivity index (χ2v) is 3.48. The number of hydrogen-bond donors (Lipinski definition) is 2. The van der Waals surface area contributed by atoms with Gasteiger partial charge in [0.25, 0.3) is 0 Å². The number of nitrogens with one attached hydrogen (secondary N) is 1. The smallest absolute Gasteiger partial charge is 0.0606 e. The molecule has 0 aliphatic carbocycles. The van der Waals surface area contributed by atoms with Crippen LogP contribution in [0.3, 0.4) is 0 Å². The molecule has 0 amide bonds. The van der Waals surface area contributed by atoms with E-state index in [2.05, 4.69) is 22.4 Å². The summed E-state index contributed by atoms with van der Waals surface area (Å²) in [6.07, 6.45) is 4.71. The van der Waals surface area contributed by atoms with Crippen molar-refractivity contribution in [1.82, 2.24) is 4.98 Å². The van der Waals surface area contributed by atoms with Crippen LogP contribution >= 0.6 is 0 Å². The second kappa shape index (κ2) is 4.75. The Morgan fingerprint density at radius 1 is 1.20 bits per heavy atom. The molecule has 0 aliphatic heterocycles. The Morgan fingerprint density at radius 3 is 2.93 bits per heavy atom. The van der Waals surface area contributed by atoms with Gasteiger partial charge in [0.15, 0.2) is 0 Å². The zero-order chi connectivity index (χ0) is 10.5. The van der Waals surface area contributed by atoms with E-state index in [1.54, 1.807) is 0 Å². The minimum Gasteiger partial charge on any atom is -0.383 e. The number of nitrogens with two attached hydrogens (primary N) is 1. The standard InChI is InChI=1S/C12H15N3/c13-6-3-7-15-12-9-14-8-10-4-1-2-5-11(10)12/h1-2,4-5,8-9,15H,3,6-7,13H2. The fourth-order valence-electron chi connectivity index (χ4n) is 1.58. The molecule has 3 N–H and O–H groups in total. The average Bonchev–Trinajstić information content (AvgIpc) is 2.30. The summed E-state index contributed by atoms with van der Waals surface area (Å²) >= 11 is 0. The minimum atomic E-state index is 0.713. The minimum absolute atomic E-state index is 0.713. The first-order chi connectivity index (χ1) is 7.42. The van der Waals surface area contributed by atoms with Crippen molar-refractivity contribution in [2.45, 2.75) is 6.42 Å². The maximum atomic E-state index is 5.45. The van der Waals surface area contributed by atoms with Crippen LogP contribution in [0.15, 0.2) is 36.7 Å². The summed E-state index contributed by atoms with van der Waals surface area (Å²) in [6.45, 7) is 1.61. The molecule has 78 valence electrons.